The minimum Gasteiger partial charge on any atom is -0.382 e. The van der Waals surface area contributed by atoms with Crippen molar-refractivity contribution in [3.8, 4) is 11.8 Å². The van der Waals surface area contributed by atoms with Gasteiger partial charge in [-0.2, -0.15) is 23.9 Å². The van der Waals surface area contributed by atoms with Crippen LogP contribution in [-0.2, 0) is 0 Å². The van der Waals surface area contributed by atoms with Gasteiger partial charge in [-0.3, -0.25) is 9.36 Å². The number of hydrogen-bond donors (Lipinski definition) is 1. The van der Waals surface area contributed by atoms with E-state index in [2.05, 4.69) is 16.0 Å². The molecule has 1 atom stereocenters. The van der Waals surface area contributed by atoms with Crippen molar-refractivity contribution in [1.29, 1.82) is 5.26 Å². The van der Waals surface area contributed by atoms with Crippen molar-refractivity contribution in [1.82, 2.24) is 24.1 Å². The number of anilines is 2. The summed E-state index contributed by atoms with van der Waals surface area (Å²) in [6, 6.07) is 14.8. The molecule has 0 aliphatic carbocycles. The van der Waals surface area contributed by atoms with E-state index < -0.39 is 0 Å². The molecule has 0 unspecified atom stereocenters. The maximum absolute atomic E-state index is 13.3. The fourth-order valence-corrected chi connectivity index (χ4v) is 3.67. The molecule has 3 aromatic heterocycles. The molecule has 5 rings (SSSR count). The number of para-hydroxylation sites is 1. The number of fused-ring (bicyclic) bond motifs is 1. The van der Waals surface area contributed by atoms with Crippen molar-refractivity contribution in [2.45, 2.75) is 12.5 Å². The average molecular weight is 418 g/mol. The highest BCUT2D eigenvalue weighted by Crippen LogP contribution is 2.38. The molecule has 1 aromatic carbocycles. The van der Waals surface area contributed by atoms with Crippen molar-refractivity contribution in [3.05, 3.63) is 76.7 Å². The van der Waals surface area contributed by atoms with Gasteiger partial charge in [0, 0.05) is 12.7 Å². The molecule has 2 N–H and O–H groups in total. The van der Waals surface area contributed by atoms with Crippen LogP contribution in [0.2, 0.25) is 0 Å². The Morgan fingerprint density at radius 1 is 1.13 bits per heavy atom. The highest BCUT2D eigenvalue weighted by atomic mass is 32.1. The first-order valence-electron chi connectivity index (χ1n) is 9.12. The zero-order valence-electron chi connectivity index (χ0n) is 15.8. The zero-order valence-corrected chi connectivity index (χ0v) is 16.8. The Balaban J connectivity index is 0.00000218. The van der Waals surface area contributed by atoms with E-state index in [1.54, 1.807) is 27.4 Å². The van der Waals surface area contributed by atoms with Crippen LogP contribution in [0.25, 0.3) is 11.2 Å². The van der Waals surface area contributed by atoms with E-state index in [0.717, 1.165) is 12.1 Å². The Morgan fingerprint density at radius 2 is 1.93 bits per heavy atom. The molecule has 150 valence electrons. The molecule has 0 amide bonds. The smallest absolute Gasteiger partial charge is 0.282 e. The Labute approximate surface area is 178 Å². The Kier molecular flexibility index (Phi) is 4.89. The third-order valence-corrected chi connectivity index (χ3v) is 5.16. The molecule has 1 aliphatic rings. The van der Waals surface area contributed by atoms with Crippen LogP contribution < -0.4 is 16.2 Å². The number of benzene rings is 1. The van der Waals surface area contributed by atoms with Crippen LogP contribution in [0.5, 0.6) is 0 Å². The molecule has 0 spiro atoms. The van der Waals surface area contributed by atoms with Crippen LogP contribution in [0.3, 0.4) is 0 Å². The topological polar surface area (TPSA) is 118 Å². The Bertz CT molecular complexity index is 1320. The maximum Gasteiger partial charge on any atom is 0.282 e. The van der Waals surface area contributed by atoms with Crippen molar-refractivity contribution in [3.63, 3.8) is 0 Å². The lowest BCUT2D eigenvalue weighted by Gasteiger charge is -2.42. The van der Waals surface area contributed by atoms with E-state index in [9.17, 15) is 10.1 Å². The summed E-state index contributed by atoms with van der Waals surface area (Å²) in [5, 5.41) is 14.2. The van der Waals surface area contributed by atoms with Crippen molar-refractivity contribution in [2.75, 3.05) is 17.2 Å². The Hall–Kier alpha value is -3.84. The standard InChI is InChI=1S/C20H16N8O.H2S/c21-11-14-17(22)23-12-24-18(14)26-10-8-15(26)19-25-27-9-4-7-16(27)20(29)28(19)13-5-2-1-3-6-13;/h1-7,9,12,15H,8,10H2,(H2,22,23,24);1H2/t15-;/m0./s1. The summed E-state index contributed by atoms with van der Waals surface area (Å²) in [5.41, 5.74) is 7.17. The van der Waals surface area contributed by atoms with Crippen molar-refractivity contribution in [2.24, 2.45) is 0 Å². The molecule has 9 nitrogen and oxygen atoms in total. The van der Waals surface area contributed by atoms with Crippen LogP contribution >= 0.6 is 13.5 Å². The van der Waals surface area contributed by atoms with Gasteiger partial charge in [0.2, 0.25) is 0 Å². The van der Waals surface area contributed by atoms with Crippen molar-refractivity contribution < 1.29 is 0 Å². The van der Waals surface area contributed by atoms with Crippen LogP contribution in [0.4, 0.5) is 11.6 Å². The number of rotatable bonds is 3. The predicted molar refractivity (Wildman–Crippen MR) is 117 cm³/mol. The van der Waals surface area contributed by atoms with Crippen LogP contribution in [0.15, 0.2) is 59.8 Å². The van der Waals surface area contributed by atoms with Gasteiger partial charge in [0.15, 0.2) is 11.6 Å². The van der Waals surface area contributed by atoms with Crippen LogP contribution in [0.1, 0.15) is 23.9 Å². The van der Waals surface area contributed by atoms with Gasteiger partial charge in [0.25, 0.3) is 5.56 Å². The number of nitrogens with two attached hydrogens (primary N) is 1. The van der Waals surface area contributed by atoms with Gasteiger partial charge in [-0.15, -0.1) is 0 Å². The van der Waals surface area contributed by atoms with E-state index in [-0.39, 0.29) is 36.5 Å². The van der Waals surface area contributed by atoms with Crippen LogP contribution in [-0.4, -0.2) is 30.7 Å². The molecule has 1 saturated heterocycles. The third kappa shape index (κ3) is 2.87. The zero-order chi connectivity index (χ0) is 20.0. The normalized spacial score (nSPS) is 15.3. The molecule has 4 aromatic rings. The minimum absolute atomic E-state index is 0. The summed E-state index contributed by atoms with van der Waals surface area (Å²) in [5.74, 6) is 1.17. The van der Waals surface area contributed by atoms with Gasteiger partial charge in [-0.1, -0.05) is 18.2 Å². The molecule has 10 heteroatoms. The number of hydrogen-bond acceptors (Lipinski definition) is 7. The largest absolute Gasteiger partial charge is 0.382 e. The predicted octanol–water partition coefficient (Wildman–Crippen LogP) is 1.79. The summed E-state index contributed by atoms with van der Waals surface area (Å²) >= 11 is 0. The third-order valence-electron chi connectivity index (χ3n) is 5.16. The van der Waals surface area contributed by atoms with Crippen LogP contribution in [0, 0.1) is 11.3 Å². The minimum atomic E-state index is -0.226. The summed E-state index contributed by atoms with van der Waals surface area (Å²) in [6.45, 7) is 0.671. The lowest BCUT2D eigenvalue weighted by molar-refractivity contribution is 0.422. The Morgan fingerprint density at radius 3 is 2.63 bits per heavy atom. The second-order valence-electron chi connectivity index (χ2n) is 6.74. The summed E-state index contributed by atoms with van der Waals surface area (Å²) in [7, 11) is 0. The van der Waals surface area contributed by atoms with Gasteiger partial charge in [-0.25, -0.2) is 14.5 Å². The first-order chi connectivity index (χ1) is 14.2. The van der Waals surface area contributed by atoms with E-state index >= 15 is 0 Å². The lowest BCUT2D eigenvalue weighted by Crippen LogP contribution is -2.45. The summed E-state index contributed by atoms with van der Waals surface area (Å²) in [6.07, 6.45) is 3.86. The molecule has 30 heavy (non-hydrogen) atoms. The quantitative estimate of drug-likeness (QED) is 0.539. The molecule has 0 bridgehead atoms. The number of nitrogen functional groups attached to an aromatic ring is 1. The molecule has 1 aliphatic heterocycles. The van der Waals surface area contributed by atoms with Gasteiger partial charge >= 0.3 is 0 Å². The molecule has 4 heterocycles. The first kappa shape index (κ1) is 19.5. The number of nitriles is 1. The SMILES string of the molecule is N#Cc1c(N)ncnc1N1CC[C@H]1c1nn2cccc2c(=O)n1-c1ccccc1.S. The second kappa shape index (κ2) is 7.53. The fourth-order valence-electron chi connectivity index (χ4n) is 3.67. The monoisotopic (exact) mass is 418 g/mol. The van der Waals surface area contributed by atoms with E-state index in [4.69, 9.17) is 10.8 Å². The number of aromatic nitrogens is 5. The van der Waals surface area contributed by atoms with Crippen molar-refractivity contribution >= 4 is 30.6 Å². The second-order valence-corrected chi connectivity index (χ2v) is 6.74. The van der Waals surface area contributed by atoms with E-state index in [1.165, 1.54) is 6.33 Å². The highest BCUT2D eigenvalue weighted by Gasteiger charge is 2.37. The molecule has 1 fully saturated rings. The lowest BCUT2D eigenvalue weighted by atomic mass is 10.0. The first-order valence-corrected chi connectivity index (χ1v) is 9.12. The van der Waals surface area contributed by atoms with Gasteiger partial charge in [0.05, 0.1) is 11.7 Å². The fraction of sp³-hybridized carbons (Fsp3) is 0.150. The number of nitrogens with zero attached hydrogens (tertiary/aromatic N) is 7. The van der Waals surface area contributed by atoms with Gasteiger partial charge in [0.1, 0.15) is 29.3 Å². The molecule has 0 saturated carbocycles. The summed E-state index contributed by atoms with van der Waals surface area (Å²) < 4.78 is 3.22. The van der Waals surface area contributed by atoms with E-state index in [0.29, 0.717) is 23.7 Å². The molecular weight excluding hydrogens is 400 g/mol. The maximum atomic E-state index is 13.3. The van der Waals surface area contributed by atoms with Gasteiger partial charge in [-0.05, 0) is 30.7 Å². The summed E-state index contributed by atoms with van der Waals surface area (Å²) in [4.78, 5) is 23.4. The van der Waals surface area contributed by atoms with Gasteiger partial charge < -0.3 is 10.6 Å². The molecular formula is C20H18N8OS. The van der Waals surface area contributed by atoms with E-state index in [1.807, 2.05) is 35.2 Å². The average Bonchev–Trinajstić information content (AvgIpc) is 3.17. The highest BCUT2D eigenvalue weighted by molar-refractivity contribution is 7.59. The molecule has 0 radical (unpaired) electrons.